The first-order chi connectivity index (χ1) is 8.83. The van der Waals surface area contributed by atoms with Gasteiger partial charge in [-0.3, -0.25) is 0 Å². The lowest BCUT2D eigenvalue weighted by molar-refractivity contribution is 0.627. The van der Waals surface area contributed by atoms with E-state index in [-0.39, 0.29) is 5.82 Å². The molecule has 0 fully saturated rings. The van der Waals surface area contributed by atoms with Crippen LogP contribution in [-0.2, 0) is 5.75 Å². The van der Waals surface area contributed by atoms with Crippen LogP contribution in [0.4, 0.5) is 4.39 Å². The minimum atomic E-state index is -0.243. The number of fused-ring (bicyclic) bond motifs is 5. The predicted octanol–water partition coefficient (Wildman–Crippen LogP) is 2.54. The molecule has 1 aliphatic rings. The molecule has 1 aromatic carbocycles. The summed E-state index contributed by atoms with van der Waals surface area (Å²) in [4.78, 5) is 9.36. The number of rotatable bonds is 0. The summed E-state index contributed by atoms with van der Waals surface area (Å²) in [6.45, 7) is 0. The Hall–Kier alpha value is -1.95. The van der Waals surface area contributed by atoms with Gasteiger partial charge in [0.1, 0.15) is 12.1 Å². The summed E-state index contributed by atoms with van der Waals surface area (Å²) in [5.74, 6) is 1.11. The molecule has 3 heterocycles. The average Bonchev–Trinajstić information content (AvgIpc) is 2.86. The second-order valence-electron chi connectivity index (χ2n) is 4.03. The molecule has 0 bridgehead atoms. The summed E-state index contributed by atoms with van der Waals surface area (Å²) in [5, 5.41) is 4.17. The van der Waals surface area contributed by atoms with Gasteiger partial charge in [-0.05, 0) is 18.2 Å². The molecular formula is C12H7FN4S. The molecule has 0 saturated carbocycles. The number of benzene rings is 1. The topological polar surface area (TPSA) is 43.1 Å². The first-order valence-electron chi connectivity index (χ1n) is 5.43. The van der Waals surface area contributed by atoms with E-state index in [9.17, 15) is 4.39 Å². The summed E-state index contributed by atoms with van der Waals surface area (Å²) >= 11 is 1.68. The van der Waals surface area contributed by atoms with Crippen LogP contribution in [0.15, 0.2) is 35.6 Å². The summed E-state index contributed by atoms with van der Waals surface area (Å²) < 4.78 is 15.1. The van der Waals surface area contributed by atoms with Crippen LogP contribution in [0.5, 0.6) is 0 Å². The number of hydrogen-bond acceptors (Lipinski definition) is 4. The summed E-state index contributed by atoms with van der Waals surface area (Å²) in [6, 6.07) is 4.83. The summed E-state index contributed by atoms with van der Waals surface area (Å²) in [6.07, 6.45) is 3.25. The van der Waals surface area contributed by atoms with Crippen molar-refractivity contribution in [3.05, 3.63) is 42.1 Å². The Morgan fingerprint density at radius 3 is 3.17 bits per heavy atom. The third kappa shape index (κ3) is 1.29. The molecule has 0 unspecified atom stereocenters. The first-order valence-corrected chi connectivity index (χ1v) is 6.42. The molecule has 4 nitrogen and oxygen atoms in total. The maximum atomic E-state index is 13.4. The Balaban J connectivity index is 2.14. The van der Waals surface area contributed by atoms with Crippen LogP contribution in [0.1, 0.15) is 5.56 Å². The molecule has 4 rings (SSSR count). The molecule has 0 aliphatic carbocycles. The molecule has 3 aromatic rings. The normalized spacial score (nSPS) is 13.4. The molecule has 2 aromatic heterocycles. The van der Waals surface area contributed by atoms with Crippen molar-refractivity contribution in [2.45, 2.75) is 10.6 Å². The zero-order valence-electron chi connectivity index (χ0n) is 9.17. The fourth-order valence-electron chi connectivity index (χ4n) is 2.18. The van der Waals surface area contributed by atoms with Crippen molar-refractivity contribution in [2.24, 2.45) is 0 Å². The van der Waals surface area contributed by atoms with E-state index in [2.05, 4.69) is 15.1 Å². The summed E-state index contributed by atoms with van der Waals surface area (Å²) in [7, 11) is 0. The smallest absolute Gasteiger partial charge is 0.219 e. The minimum absolute atomic E-state index is 0.243. The maximum Gasteiger partial charge on any atom is 0.252 e. The van der Waals surface area contributed by atoms with Crippen molar-refractivity contribution in [3.63, 3.8) is 0 Å². The van der Waals surface area contributed by atoms with Crippen LogP contribution in [0.2, 0.25) is 0 Å². The molecular weight excluding hydrogens is 251 g/mol. The van der Waals surface area contributed by atoms with Crippen molar-refractivity contribution in [1.29, 1.82) is 0 Å². The van der Waals surface area contributed by atoms with E-state index in [1.807, 2.05) is 6.07 Å². The van der Waals surface area contributed by atoms with Crippen molar-refractivity contribution in [3.8, 4) is 11.3 Å². The van der Waals surface area contributed by atoms with E-state index in [1.165, 1.54) is 12.4 Å². The van der Waals surface area contributed by atoms with E-state index < -0.39 is 0 Å². The zero-order valence-corrected chi connectivity index (χ0v) is 9.99. The van der Waals surface area contributed by atoms with Gasteiger partial charge in [-0.25, -0.2) is 9.37 Å². The van der Waals surface area contributed by atoms with Gasteiger partial charge in [0.15, 0.2) is 0 Å². The molecule has 88 valence electrons. The lowest BCUT2D eigenvalue weighted by atomic mass is 10.1. The SMILES string of the molecule is Fc1ccc2c(c1)-c1c(cnc3ncnn13)CS2. The van der Waals surface area contributed by atoms with Gasteiger partial charge in [0.2, 0.25) is 0 Å². The number of aromatic nitrogens is 4. The van der Waals surface area contributed by atoms with Gasteiger partial charge in [-0.2, -0.15) is 14.6 Å². The Morgan fingerprint density at radius 1 is 1.28 bits per heavy atom. The van der Waals surface area contributed by atoms with E-state index in [4.69, 9.17) is 0 Å². The second-order valence-corrected chi connectivity index (χ2v) is 5.05. The fourth-order valence-corrected chi connectivity index (χ4v) is 3.17. The molecule has 0 saturated heterocycles. The Kier molecular flexibility index (Phi) is 1.96. The molecule has 0 radical (unpaired) electrons. The third-order valence-electron chi connectivity index (χ3n) is 2.96. The molecule has 0 atom stereocenters. The summed E-state index contributed by atoms with van der Waals surface area (Å²) in [5.41, 5.74) is 2.81. The second kappa shape index (κ2) is 3.52. The highest BCUT2D eigenvalue weighted by Gasteiger charge is 2.21. The largest absolute Gasteiger partial charge is 0.252 e. The van der Waals surface area contributed by atoms with Gasteiger partial charge in [0, 0.05) is 28.0 Å². The van der Waals surface area contributed by atoms with Gasteiger partial charge < -0.3 is 0 Å². The average molecular weight is 258 g/mol. The number of halogens is 1. The van der Waals surface area contributed by atoms with E-state index >= 15 is 0 Å². The molecule has 1 aliphatic heterocycles. The zero-order chi connectivity index (χ0) is 12.1. The Labute approximate surface area is 106 Å². The minimum Gasteiger partial charge on any atom is -0.219 e. The lowest BCUT2D eigenvalue weighted by Crippen LogP contribution is -2.05. The van der Waals surface area contributed by atoms with Crippen LogP contribution >= 0.6 is 11.8 Å². The highest BCUT2D eigenvalue weighted by Crippen LogP contribution is 2.41. The van der Waals surface area contributed by atoms with E-state index in [1.54, 1.807) is 28.5 Å². The van der Waals surface area contributed by atoms with Crippen molar-refractivity contribution < 1.29 is 4.39 Å². The van der Waals surface area contributed by atoms with Crippen molar-refractivity contribution >= 4 is 17.5 Å². The third-order valence-corrected chi connectivity index (χ3v) is 4.08. The van der Waals surface area contributed by atoms with Gasteiger partial charge >= 0.3 is 0 Å². The van der Waals surface area contributed by atoms with Gasteiger partial charge in [-0.15, -0.1) is 11.8 Å². The fraction of sp³-hybridized carbons (Fsp3) is 0.0833. The quantitative estimate of drug-likeness (QED) is 0.621. The maximum absolute atomic E-state index is 13.4. The Morgan fingerprint density at radius 2 is 2.22 bits per heavy atom. The monoisotopic (exact) mass is 258 g/mol. The van der Waals surface area contributed by atoms with Crippen LogP contribution in [0.3, 0.4) is 0 Å². The molecule has 0 amide bonds. The number of hydrogen-bond donors (Lipinski definition) is 0. The lowest BCUT2D eigenvalue weighted by Gasteiger charge is -2.19. The Bertz CT molecular complexity index is 768. The van der Waals surface area contributed by atoms with E-state index in [0.717, 1.165) is 27.5 Å². The molecule has 0 spiro atoms. The highest BCUT2D eigenvalue weighted by atomic mass is 32.2. The number of thioether (sulfide) groups is 1. The van der Waals surface area contributed by atoms with Crippen molar-refractivity contribution in [1.82, 2.24) is 19.6 Å². The van der Waals surface area contributed by atoms with E-state index in [0.29, 0.717) is 5.78 Å². The molecule has 18 heavy (non-hydrogen) atoms. The standard InChI is InChI=1S/C12H7FN4S/c13-8-1-2-10-9(3-8)11-7(5-18-10)4-14-12-15-6-16-17(11)12/h1-4,6H,5H2. The predicted molar refractivity (Wildman–Crippen MR) is 65.7 cm³/mol. The van der Waals surface area contributed by atoms with Gasteiger partial charge in [-0.1, -0.05) is 0 Å². The van der Waals surface area contributed by atoms with Crippen molar-refractivity contribution in [2.75, 3.05) is 0 Å². The van der Waals surface area contributed by atoms with Gasteiger partial charge in [0.25, 0.3) is 5.78 Å². The van der Waals surface area contributed by atoms with Crippen LogP contribution in [0.25, 0.3) is 17.0 Å². The van der Waals surface area contributed by atoms with Crippen LogP contribution in [-0.4, -0.2) is 19.6 Å². The highest BCUT2D eigenvalue weighted by molar-refractivity contribution is 7.98. The molecule has 0 N–H and O–H groups in total. The number of nitrogens with zero attached hydrogens (tertiary/aromatic N) is 4. The molecule has 6 heteroatoms. The first kappa shape index (κ1) is 10.0. The van der Waals surface area contributed by atoms with Gasteiger partial charge in [0.05, 0.1) is 5.69 Å². The van der Waals surface area contributed by atoms with Crippen LogP contribution in [0, 0.1) is 5.82 Å². The van der Waals surface area contributed by atoms with Crippen LogP contribution < -0.4 is 0 Å².